The van der Waals surface area contributed by atoms with Gasteiger partial charge in [-0.15, -0.1) is 0 Å². The Hall–Kier alpha value is -4.05. The highest BCUT2D eigenvalue weighted by Gasteiger charge is 2.19. The molecule has 0 fully saturated rings. The summed E-state index contributed by atoms with van der Waals surface area (Å²) in [6.07, 6.45) is 0.272. The fourth-order valence-corrected chi connectivity index (χ4v) is 2.70. The molecular weight excluding hydrogens is 360 g/mol. The van der Waals surface area contributed by atoms with Gasteiger partial charge in [-0.2, -0.15) is 5.26 Å². The van der Waals surface area contributed by atoms with Crippen LogP contribution in [0.2, 0.25) is 0 Å². The molecule has 0 aromatic heterocycles. The quantitative estimate of drug-likeness (QED) is 0.465. The molecule has 7 nitrogen and oxygen atoms in total. The third-order valence-corrected chi connectivity index (χ3v) is 4.07. The SMILES string of the molecule is N#CCc1ccc(NC(=O)COC(=O)c2cc(O)c3ccccc3c2O)cc1. The fourth-order valence-electron chi connectivity index (χ4n) is 2.70. The normalized spacial score (nSPS) is 10.2. The van der Waals surface area contributed by atoms with E-state index in [2.05, 4.69) is 5.32 Å². The first-order valence-electron chi connectivity index (χ1n) is 8.36. The molecule has 3 rings (SSSR count). The lowest BCUT2D eigenvalue weighted by Crippen LogP contribution is -2.21. The van der Waals surface area contributed by atoms with Crippen molar-refractivity contribution in [1.82, 2.24) is 0 Å². The van der Waals surface area contributed by atoms with Gasteiger partial charge >= 0.3 is 5.97 Å². The number of fused-ring (bicyclic) bond motifs is 1. The third kappa shape index (κ3) is 4.02. The number of benzene rings is 3. The Balaban J connectivity index is 1.65. The molecule has 0 aliphatic rings. The second kappa shape index (κ2) is 8.10. The molecule has 0 bridgehead atoms. The van der Waals surface area contributed by atoms with Crippen LogP contribution in [-0.4, -0.2) is 28.7 Å². The van der Waals surface area contributed by atoms with Crippen molar-refractivity contribution in [3.8, 4) is 17.6 Å². The smallest absolute Gasteiger partial charge is 0.342 e. The van der Waals surface area contributed by atoms with Crippen molar-refractivity contribution in [2.45, 2.75) is 6.42 Å². The van der Waals surface area contributed by atoms with E-state index in [1.165, 1.54) is 0 Å². The predicted octanol–water partition coefficient (Wildman–Crippen LogP) is 3.11. The van der Waals surface area contributed by atoms with E-state index in [1.807, 2.05) is 6.07 Å². The number of amides is 1. The molecule has 28 heavy (non-hydrogen) atoms. The number of carbonyl (C=O) groups excluding carboxylic acids is 2. The molecule has 3 aromatic carbocycles. The van der Waals surface area contributed by atoms with Gasteiger partial charge in [-0.1, -0.05) is 36.4 Å². The molecule has 0 spiro atoms. The lowest BCUT2D eigenvalue weighted by Gasteiger charge is -2.10. The molecule has 0 radical (unpaired) electrons. The van der Waals surface area contributed by atoms with Crippen LogP contribution < -0.4 is 5.32 Å². The number of esters is 1. The largest absolute Gasteiger partial charge is 0.507 e. The van der Waals surface area contributed by atoms with E-state index in [4.69, 9.17) is 10.00 Å². The molecule has 7 heteroatoms. The lowest BCUT2D eigenvalue weighted by atomic mass is 10.0. The summed E-state index contributed by atoms with van der Waals surface area (Å²) >= 11 is 0. The number of nitrogens with one attached hydrogen (secondary N) is 1. The summed E-state index contributed by atoms with van der Waals surface area (Å²) in [4.78, 5) is 24.2. The van der Waals surface area contributed by atoms with E-state index in [-0.39, 0.29) is 23.5 Å². The van der Waals surface area contributed by atoms with Gasteiger partial charge in [-0.05, 0) is 23.8 Å². The van der Waals surface area contributed by atoms with E-state index >= 15 is 0 Å². The van der Waals surface area contributed by atoms with E-state index in [1.54, 1.807) is 48.5 Å². The maximum absolute atomic E-state index is 12.2. The predicted molar refractivity (Wildman–Crippen MR) is 102 cm³/mol. The maximum atomic E-state index is 12.2. The maximum Gasteiger partial charge on any atom is 0.342 e. The van der Waals surface area contributed by atoms with Crippen LogP contribution in [0, 0.1) is 11.3 Å². The standard InChI is InChI=1S/C21H16N2O5/c22-10-9-13-5-7-14(8-6-13)23-19(25)12-28-21(27)17-11-18(24)15-3-1-2-4-16(15)20(17)26/h1-8,11,24,26H,9,12H2,(H,23,25). The van der Waals surface area contributed by atoms with Gasteiger partial charge in [0.15, 0.2) is 6.61 Å². The molecule has 0 atom stereocenters. The van der Waals surface area contributed by atoms with Crippen LogP contribution in [0.1, 0.15) is 15.9 Å². The summed E-state index contributed by atoms with van der Waals surface area (Å²) in [7, 11) is 0. The zero-order valence-corrected chi connectivity index (χ0v) is 14.7. The van der Waals surface area contributed by atoms with Crippen molar-refractivity contribution in [3.63, 3.8) is 0 Å². The Morgan fingerprint density at radius 2 is 1.71 bits per heavy atom. The Morgan fingerprint density at radius 3 is 2.39 bits per heavy atom. The highest BCUT2D eigenvalue weighted by Crippen LogP contribution is 2.35. The van der Waals surface area contributed by atoms with E-state index in [0.717, 1.165) is 11.6 Å². The summed E-state index contributed by atoms with van der Waals surface area (Å²) in [5.74, 6) is -2.00. The van der Waals surface area contributed by atoms with Crippen LogP contribution in [-0.2, 0) is 16.0 Å². The summed E-state index contributed by atoms with van der Waals surface area (Å²) in [5.41, 5.74) is 1.08. The van der Waals surface area contributed by atoms with E-state index in [0.29, 0.717) is 16.5 Å². The number of aromatic hydroxyl groups is 2. The minimum Gasteiger partial charge on any atom is -0.507 e. The van der Waals surface area contributed by atoms with Crippen LogP contribution in [0.3, 0.4) is 0 Å². The number of carbonyl (C=O) groups is 2. The van der Waals surface area contributed by atoms with Gasteiger partial charge in [0.25, 0.3) is 5.91 Å². The number of nitrogens with zero attached hydrogens (tertiary/aromatic N) is 1. The average molecular weight is 376 g/mol. The van der Waals surface area contributed by atoms with Crippen molar-refractivity contribution in [3.05, 3.63) is 65.7 Å². The van der Waals surface area contributed by atoms with Crippen molar-refractivity contribution in [2.75, 3.05) is 11.9 Å². The van der Waals surface area contributed by atoms with Gasteiger partial charge in [0, 0.05) is 16.5 Å². The first kappa shape index (κ1) is 18.7. The molecule has 0 unspecified atom stereocenters. The third-order valence-electron chi connectivity index (χ3n) is 4.07. The number of ether oxygens (including phenoxy) is 1. The summed E-state index contributed by atoms with van der Waals surface area (Å²) < 4.78 is 4.94. The lowest BCUT2D eigenvalue weighted by molar-refractivity contribution is -0.119. The van der Waals surface area contributed by atoms with Gasteiger partial charge in [0.05, 0.1) is 12.5 Å². The Kier molecular flexibility index (Phi) is 5.42. The van der Waals surface area contributed by atoms with Crippen molar-refractivity contribution < 1.29 is 24.5 Å². The Morgan fingerprint density at radius 1 is 1.04 bits per heavy atom. The Labute approximate surface area is 160 Å². The van der Waals surface area contributed by atoms with Gasteiger partial charge in [-0.3, -0.25) is 4.79 Å². The molecule has 3 N–H and O–H groups in total. The zero-order chi connectivity index (χ0) is 20.1. The second-order valence-corrected chi connectivity index (χ2v) is 5.99. The molecule has 0 aliphatic heterocycles. The summed E-state index contributed by atoms with van der Waals surface area (Å²) in [6.45, 7) is -0.564. The number of phenolic OH excluding ortho intramolecular Hbond substituents is 2. The first-order chi connectivity index (χ1) is 13.5. The molecule has 3 aromatic rings. The van der Waals surface area contributed by atoms with Crippen molar-refractivity contribution >= 4 is 28.3 Å². The molecule has 140 valence electrons. The minimum absolute atomic E-state index is 0.178. The molecule has 0 saturated carbocycles. The van der Waals surface area contributed by atoms with Gasteiger partial charge < -0.3 is 20.3 Å². The highest BCUT2D eigenvalue weighted by molar-refractivity contribution is 6.04. The zero-order valence-electron chi connectivity index (χ0n) is 14.7. The number of rotatable bonds is 5. The number of nitriles is 1. The van der Waals surface area contributed by atoms with Gasteiger partial charge in [0.2, 0.25) is 0 Å². The first-order valence-corrected chi connectivity index (χ1v) is 8.36. The monoisotopic (exact) mass is 376 g/mol. The minimum atomic E-state index is -0.932. The molecule has 0 saturated heterocycles. The number of phenols is 2. The van der Waals surface area contributed by atoms with Crippen molar-refractivity contribution in [1.29, 1.82) is 5.26 Å². The van der Waals surface area contributed by atoms with E-state index in [9.17, 15) is 19.8 Å². The van der Waals surface area contributed by atoms with Crippen LogP contribution >= 0.6 is 0 Å². The number of hydrogen-bond donors (Lipinski definition) is 3. The molecular formula is C21H16N2O5. The van der Waals surface area contributed by atoms with Gasteiger partial charge in [-0.25, -0.2) is 4.79 Å². The second-order valence-electron chi connectivity index (χ2n) is 5.99. The number of hydrogen-bond acceptors (Lipinski definition) is 6. The highest BCUT2D eigenvalue weighted by atomic mass is 16.5. The molecule has 0 aliphatic carbocycles. The Bertz CT molecular complexity index is 1080. The molecule has 1 amide bonds. The van der Waals surface area contributed by atoms with Crippen LogP contribution in [0.25, 0.3) is 10.8 Å². The summed E-state index contributed by atoms with van der Waals surface area (Å²) in [5, 5.41) is 32.2. The summed E-state index contributed by atoms with van der Waals surface area (Å²) in [6, 6.07) is 16.3. The van der Waals surface area contributed by atoms with Crippen LogP contribution in [0.5, 0.6) is 11.5 Å². The van der Waals surface area contributed by atoms with Gasteiger partial charge in [0.1, 0.15) is 17.1 Å². The van der Waals surface area contributed by atoms with Crippen LogP contribution in [0.15, 0.2) is 54.6 Å². The molecule has 0 heterocycles. The average Bonchev–Trinajstić information content (AvgIpc) is 2.70. The van der Waals surface area contributed by atoms with E-state index < -0.39 is 18.5 Å². The van der Waals surface area contributed by atoms with Crippen molar-refractivity contribution in [2.24, 2.45) is 0 Å². The van der Waals surface area contributed by atoms with Crippen LogP contribution in [0.4, 0.5) is 5.69 Å². The number of anilines is 1. The fraction of sp³-hybridized carbons (Fsp3) is 0.0952. The topological polar surface area (TPSA) is 120 Å².